The summed E-state index contributed by atoms with van der Waals surface area (Å²) < 4.78 is 43.2. The molecule has 0 bridgehead atoms. The quantitative estimate of drug-likeness (QED) is 0.737. The van der Waals surface area contributed by atoms with E-state index in [2.05, 4.69) is 4.99 Å². The van der Waals surface area contributed by atoms with E-state index in [4.69, 9.17) is 4.74 Å². The van der Waals surface area contributed by atoms with E-state index in [0.29, 0.717) is 16.6 Å². The number of ether oxygens (including phenoxy) is 1. The highest BCUT2D eigenvalue weighted by Gasteiger charge is 2.49. The number of amidine groups is 1. The summed E-state index contributed by atoms with van der Waals surface area (Å²) in [4.78, 5) is 18.6. The van der Waals surface area contributed by atoms with Crippen molar-refractivity contribution in [2.24, 2.45) is 4.99 Å². The number of rotatable bonds is 4. The molecule has 2 heterocycles. The van der Waals surface area contributed by atoms with Gasteiger partial charge < -0.3 is 9.64 Å². The lowest BCUT2D eigenvalue weighted by Crippen LogP contribution is -2.38. The molecule has 0 N–H and O–H groups in total. The molecule has 1 amide bonds. The van der Waals surface area contributed by atoms with Gasteiger partial charge in [0, 0.05) is 10.9 Å². The van der Waals surface area contributed by atoms with Gasteiger partial charge in [-0.2, -0.15) is 4.99 Å². The molecule has 3 atom stereocenters. The van der Waals surface area contributed by atoms with Crippen LogP contribution >= 0.6 is 11.8 Å². The molecule has 2 aliphatic heterocycles. The second-order valence-corrected chi connectivity index (χ2v) is 10.3. The highest BCUT2D eigenvalue weighted by molar-refractivity contribution is 8.16. The molecule has 2 saturated heterocycles. The number of sulfone groups is 1. The number of carbonyl (C=O) groups is 1. The average Bonchev–Trinajstić information content (AvgIpc) is 3.14. The number of nitrogens with zero attached hydrogens (tertiary/aromatic N) is 2. The van der Waals surface area contributed by atoms with Crippen LogP contribution in [0, 0.1) is 5.82 Å². The minimum absolute atomic E-state index is 0.0225. The largest absolute Gasteiger partial charge is 0.481 e. The number of aliphatic imine (C=N–C) groups is 1. The minimum atomic E-state index is -3.16. The van der Waals surface area contributed by atoms with Gasteiger partial charge in [0.25, 0.3) is 5.91 Å². The van der Waals surface area contributed by atoms with Gasteiger partial charge in [-0.15, -0.1) is 0 Å². The number of para-hydroxylation sites is 1. The van der Waals surface area contributed by atoms with Gasteiger partial charge in [0.15, 0.2) is 21.1 Å². The zero-order chi connectivity index (χ0) is 20.6. The number of anilines is 1. The molecule has 2 fully saturated rings. The van der Waals surface area contributed by atoms with Crippen LogP contribution in [0.15, 0.2) is 59.6 Å². The summed E-state index contributed by atoms with van der Waals surface area (Å²) in [5.41, 5.74) is 0.603. The van der Waals surface area contributed by atoms with Crippen LogP contribution in [0.2, 0.25) is 0 Å². The van der Waals surface area contributed by atoms with Crippen molar-refractivity contribution in [3.05, 3.63) is 60.4 Å². The smallest absolute Gasteiger partial charge is 0.288 e. The maximum absolute atomic E-state index is 13.4. The van der Waals surface area contributed by atoms with Crippen molar-refractivity contribution < 1.29 is 22.3 Å². The third kappa shape index (κ3) is 4.30. The predicted octanol–water partition coefficient (Wildman–Crippen LogP) is 2.89. The van der Waals surface area contributed by atoms with Crippen LogP contribution in [0.3, 0.4) is 0 Å². The van der Waals surface area contributed by atoms with Crippen molar-refractivity contribution in [2.75, 3.05) is 16.4 Å². The number of hydrogen-bond acceptors (Lipinski definition) is 5. The molecule has 152 valence electrons. The maximum atomic E-state index is 13.4. The summed E-state index contributed by atoms with van der Waals surface area (Å²) in [6, 6.07) is 14.4. The van der Waals surface area contributed by atoms with Gasteiger partial charge in [-0.05, 0) is 43.3 Å². The molecule has 2 aromatic carbocycles. The Morgan fingerprint density at radius 2 is 1.86 bits per heavy atom. The first-order chi connectivity index (χ1) is 13.8. The molecule has 4 rings (SSSR count). The topological polar surface area (TPSA) is 76.0 Å². The fourth-order valence-electron chi connectivity index (χ4n) is 3.41. The van der Waals surface area contributed by atoms with Crippen LogP contribution in [-0.4, -0.2) is 48.4 Å². The van der Waals surface area contributed by atoms with E-state index < -0.39 is 27.7 Å². The first-order valence-electron chi connectivity index (χ1n) is 9.08. The number of carbonyl (C=O) groups excluding carboxylic acids is 1. The number of halogens is 1. The fraction of sp³-hybridized carbons (Fsp3) is 0.300. The van der Waals surface area contributed by atoms with Crippen LogP contribution in [0.1, 0.15) is 6.92 Å². The van der Waals surface area contributed by atoms with Gasteiger partial charge in [-0.3, -0.25) is 4.79 Å². The lowest BCUT2D eigenvalue weighted by Gasteiger charge is -2.24. The Hall–Kier alpha value is -2.39. The van der Waals surface area contributed by atoms with Gasteiger partial charge in [-0.25, -0.2) is 12.8 Å². The molecule has 0 saturated carbocycles. The van der Waals surface area contributed by atoms with Gasteiger partial charge in [-0.1, -0.05) is 30.0 Å². The Morgan fingerprint density at radius 1 is 1.17 bits per heavy atom. The van der Waals surface area contributed by atoms with E-state index in [1.165, 1.54) is 23.9 Å². The van der Waals surface area contributed by atoms with Gasteiger partial charge in [0.2, 0.25) is 0 Å². The Balaban J connectivity index is 1.60. The number of benzene rings is 2. The van der Waals surface area contributed by atoms with E-state index in [1.807, 2.05) is 18.2 Å². The number of thioether (sulfide) groups is 1. The second-order valence-electron chi connectivity index (χ2n) is 6.95. The van der Waals surface area contributed by atoms with Crippen molar-refractivity contribution in [1.82, 2.24) is 0 Å². The summed E-state index contributed by atoms with van der Waals surface area (Å²) in [7, 11) is -3.16. The summed E-state index contributed by atoms with van der Waals surface area (Å²) in [6.07, 6.45) is -0.801. The molecule has 6 nitrogen and oxygen atoms in total. The molecule has 2 aromatic rings. The third-order valence-electron chi connectivity index (χ3n) is 4.78. The molecular weight excluding hydrogens is 415 g/mol. The summed E-state index contributed by atoms with van der Waals surface area (Å²) in [5.74, 6) is -0.290. The molecule has 0 radical (unpaired) electrons. The lowest BCUT2D eigenvalue weighted by molar-refractivity contribution is -0.123. The van der Waals surface area contributed by atoms with Crippen LogP contribution in [-0.2, 0) is 14.6 Å². The maximum Gasteiger partial charge on any atom is 0.288 e. The number of amides is 1. The Labute approximate surface area is 172 Å². The van der Waals surface area contributed by atoms with Crippen molar-refractivity contribution in [1.29, 1.82) is 0 Å². The zero-order valence-electron chi connectivity index (χ0n) is 15.6. The highest BCUT2D eigenvalue weighted by atomic mass is 32.2. The summed E-state index contributed by atoms with van der Waals surface area (Å²) in [6.45, 7) is 1.62. The molecule has 0 spiro atoms. The predicted molar refractivity (Wildman–Crippen MR) is 112 cm³/mol. The van der Waals surface area contributed by atoms with E-state index in [9.17, 15) is 17.6 Å². The van der Waals surface area contributed by atoms with Crippen LogP contribution < -0.4 is 9.64 Å². The van der Waals surface area contributed by atoms with Crippen LogP contribution in [0.5, 0.6) is 5.75 Å². The molecule has 9 heteroatoms. The van der Waals surface area contributed by atoms with Crippen molar-refractivity contribution >= 4 is 38.4 Å². The van der Waals surface area contributed by atoms with E-state index >= 15 is 0 Å². The van der Waals surface area contributed by atoms with E-state index in [1.54, 1.807) is 36.1 Å². The molecule has 29 heavy (non-hydrogen) atoms. The third-order valence-corrected chi connectivity index (χ3v) is 7.99. The van der Waals surface area contributed by atoms with Crippen molar-refractivity contribution in [3.63, 3.8) is 0 Å². The first-order valence-corrected chi connectivity index (χ1v) is 11.8. The average molecular weight is 435 g/mol. The normalized spacial score (nSPS) is 25.0. The first kappa shape index (κ1) is 19.9. The number of fused-ring (bicyclic) bond motifs is 1. The molecule has 0 aromatic heterocycles. The Kier molecular flexibility index (Phi) is 5.35. The van der Waals surface area contributed by atoms with Gasteiger partial charge in [0.05, 0.1) is 17.5 Å². The van der Waals surface area contributed by atoms with Crippen LogP contribution in [0.4, 0.5) is 10.1 Å². The molecule has 2 aliphatic rings. The SMILES string of the molecule is C[C@H](Oc1ccccc1)C(=O)N=C1S[C@@H]2CS(=O)(=O)C[C@H]2N1c1ccc(F)cc1. The number of hydrogen-bond donors (Lipinski definition) is 0. The van der Waals surface area contributed by atoms with E-state index in [0.717, 1.165) is 0 Å². The van der Waals surface area contributed by atoms with Crippen LogP contribution in [0.25, 0.3) is 0 Å². The second kappa shape index (κ2) is 7.79. The summed E-state index contributed by atoms with van der Waals surface area (Å²) >= 11 is 1.27. The molecular formula is C20H19FN2O4S2. The van der Waals surface area contributed by atoms with E-state index in [-0.39, 0.29) is 22.8 Å². The standard InChI is InChI=1S/C20H19FN2O4S2/c1-13(27-16-5-3-2-4-6-16)19(24)22-20-23(15-9-7-14(21)8-10-15)17-11-29(25,26)12-18(17)28-20/h2-10,13,17-18H,11-12H2,1H3/t13-,17+,18+/m0/s1. The Bertz CT molecular complexity index is 1040. The highest BCUT2D eigenvalue weighted by Crippen LogP contribution is 2.41. The zero-order valence-corrected chi connectivity index (χ0v) is 17.2. The minimum Gasteiger partial charge on any atom is -0.481 e. The fourth-order valence-corrected chi connectivity index (χ4v) is 7.33. The summed E-state index contributed by atoms with van der Waals surface area (Å²) in [5, 5.41) is 0.192. The van der Waals surface area contributed by atoms with Gasteiger partial charge in [0.1, 0.15) is 11.6 Å². The Morgan fingerprint density at radius 3 is 2.55 bits per heavy atom. The lowest BCUT2D eigenvalue weighted by atomic mass is 10.2. The molecule has 0 aliphatic carbocycles. The van der Waals surface area contributed by atoms with Gasteiger partial charge >= 0.3 is 0 Å². The van der Waals surface area contributed by atoms with Crippen molar-refractivity contribution in [2.45, 2.75) is 24.3 Å². The molecule has 0 unspecified atom stereocenters. The monoisotopic (exact) mass is 434 g/mol. The van der Waals surface area contributed by atoms with Crippen molar-refractivity contribution in [3.8, 4) is 5.75 Å².